The molecule has 5 aromatic carbocycles. The Morgan fingerprint density at radius 1 is 0.714 bits per heavy atom. The number of hydrogen-bond acceptors (Lipinski definition) is 0. The Hall–Kier alpha value is -3.27. The molecule has 1 aliphatic rings. The van der Waals surface area contributed by atoms with Gasteiger partial charge in [0, 0.05) is 32.7 Å². The van der Waals surface area contributed by atoms with E-state index in [1.54, 1.807) is 0 Å². The standard InChI is InChI=1S/C17H11.C16H13.C4H10N.2CH3.Si.Ti/c1-2-6-14-12(4-1)8-10-17-15-7-3-5-13(15)9-11-16(14)17;1-3-9-15(10-4-1)13-7-8-14-16-11-5-2-6-12-16;1-4(2,3)5;;;;/h1-2,4,6-11H,5H2;1-13H;5H,1-3H3;2*1H3;;/q5*-1;;. The van der Waals surface area contributed by atoms with Gasteiger partial charge in [-0.2, -0.15) is 5.56 Å². The predicted molar refractivity (Wildman–Crippen MR) is 184 cm³/mol. The Labute approximate surface area is 274 Å². The second-order valence-corrected chi connectivity index (χ2v) is 10.2. The van der Waals surface area contributed by atoms with E-state index in [9.17, 15) is 0 Å². The van der Waals surface area contributed by atoms with Crippen molar-refractivity contribution >= 4 is 44.7 Å². The van der Waals surface area contributed by atoms with Crippen LogP contribution >= 0.6 is 0 Å². The molecule has 214 valence electrons. The first kappa shape index (κ1) is 38.7. The van der Waals surface area contributed by atoms with Gasteiger partial charge < -0.3 is 20.6 Å². The fraction of sp³-hybridized carbons (Fsp3) is 0.128. The van der Waals surface area contributed by atoms with E-state index in [1.165, 1.54) is 38.2 Å². The minimum atomic E-state index is -0.250. The van der Waals surface area contributed by atoms with Crippen molar-refractivity contribution in [2.24, 2.45) is 0 Å². The molecule has 0 bridgehead atoms. The van der Waals surface area contributed by atoms with E-state index in [4.69, 9.17) is 5.73 Å². The molecular weight excluding hydrogens is 558 g/mol. The number of fused-ring (bicyclic) bond motifs is 5. The smallest absolute Gasteiger partial charge is 0 e. The third kappa shape index (κ3) is 11.9. The van der Waals surface area contributed by atoms with Crippen LogP contribution < -0.4 is 0 Å². The molecule has 0 atom stereocenters. The SMILES string of the molecule is CC(C)(C)[NH-].[C-](=CC=Cc1ccccc1)c1ccccc1.[C-]1=Cc2c(ccc3c2ccc2ccccc23)C1.[CH3-].[CH3-].[Si].[Ti]. The average Bonchev–Trinajstić information content (AvgIpc) is 3.41. The molecular formula is C39H40NSiTi-5. The Morgan fingerprint density at radius 3 is 1.95 bits per heavy atom. The second kappa shape index (κ2) is 19.0. The maximum absolute atomic E-state index is 6.94. The van der Waals surface area contributed by atoms with Crippen LogP contribution in [0.2, 0.25) is 0 Å². The van der Waals surface area contributed by atoms with E-state index < -0.39 is 0 Å². The molecule has 0 amide bonds. The molecule has 0 heterocycles. The number of allylic oxidation sites excluding steroid dienone is 3. The van der Waals surface area contributed by atoms with Crippen LogP contribution in [0.25, 0.3) is 39.4 Å². The average molecular weight is 599 g/mol. The van der Waals surface area contributed by atoms with Gasteiger partial charge in [-0.3, -0.25) is 6.08 Å². The van der Waals surface area contributed by atoms with E-state index in [0.29, 0.717) is 0 Å². The molecule has 0 aromatic heterocycles. The van der Waals surface area contributed by atoms with E-state index in [2.05, 4.69) is 85.0 Å². The van der Waals surface area contributed by atoms with Crippen molar-refractivity contribution in [3.8, 4) is 0 Å². The summed E-state index contributed by atoms with van der Waals surface area (Å²) >= 11 is 0. The summed E-state index contributed by atoms with van der Waals surface area (Å²) in [6.45, 7) is 5.56. The minimum Gasteiger partial charge on any atom is -0.673 e. The molecule has 5 aromatic rings. The van der Waals surface area contributed by atoms with Gasteiger partial charge in [-0.1, -0.05) is 117 Å². The molecule has 0 spiro atoms. The van der Waals surface area contributed by atoms with E-state index in [1.807, 2.05) is 81.5 Å². The maximum atomic E-state index is 6.94. The first-order chi connectivity index (χ1) is 18.4. The third-order valence-corrected chi connectivity index (χ3v) is 5.81. The number of nitrogens with one attached hydrogen (secondary N) is 1. The molecule has 1 N–H and O–H groups in total. The summed E-state index contributed by atoms with van der Waals surface area (Å²) in [6, 6.07) is 37.8. The minimum absolute atomic E-state index is 0. The number of rotatable bonds is 3. The summed E-state index contributed by atoms with van der Waals surface area (Å²) in [6.07, 6.45) is 15.6. The van der Waals surface area contributed by atoms with Crippen LogP contribution in [0.3, 0.4) is 0 Å². The number of benzene rings is 5. The van der Waals surface area contributed by atoms with Crippen molar-refractivity contribution in [2.45, 2.75) is 32.7 Å². The molecule has 3 heteroatoms. The van der Waals surface area contributed by atoms with Crippen LogP contribution in [0.1, 0.15) is 43.0 Å². The van der Waals surface area contributed by atoms with Gasteiger partial charge in [0.1, 0.15) is 0 Å². The molecule has 1 aliphatic carbocycles. The zero-order valence-corrected chi connectivity index (χ0v) is 28.0. The Balaban J connectivity index is 0.000000640. The van der Waals surface area contributed by atoms with Crippen molar-refractivity contribution in [3.63, 3.8) is 0 Å². The first-order valence-electron chi connectivity index (χ1n) is 13.0. The fourth-order valence-electron chi connectivity index (χ4n) is 4.15. The van der Waals surface area contributed by atoms with Gasteiger partial charge in [0.15, 0.2) is 0 Å². The zero-order chi connectivity index (χ0) is 26.8. The Morgan fingerprint density at radius 2 is 1.29 bits per heavy atom. The van der Waals surface area contributed by atoms with Gasteiger partial charge in [-0.05, 0) is 21.7 Å². The molecule has 0 aliphatic heterocycles. The maximum Gasteiger partial charge on any atom is 0 e. The van der Waals surface area contributed by atoms with Crippen molar-refractivity contribution in [1.29, 1.82) is 0 Å². The fourth-order valence-corrected chi connectivity index (χ4v) is 4.15. The van der Waals surface area contributed by atoms with Crippen molar-refractivity contribution < 1.29 is 21.7 Å². The Kier molecular flexibility index (Phi) is 17.5. The molecule has 1 nitrogen and oxygen atoms in total. The van der Waals surface area contributed by atoms with E-state index in [-0.39, 0.29) is 53.1 Å². The molecule has 4 radical (unpaired) electrons. The van der Waals surface area contributed by atoms with Crippen LogP contribution in [-0.4, -0.2) is 16.5 Å². The van der Waals surface area contributed by atoms with Gasteiger partial charge in [0.05, 0.1) is 0 Å². The van der Waals surface area contributed by atoms with Crippen molar-refractivity contribution in [2.75, 3.05) is 0 Å². The predicted octanol–water partition coefficient (Wildman–Crippen LogP) is 10.8. The summed E-state index contributed by atoms with van der Waals surface area (Å²) in [5.41, 5.74) is 11.7. The molecule has 0 saturated heterocycles. The van der Waals surface area contributed by atoms with E-state index in [0.717, 1.165) is 12.0 Å². The zero-order valence-electron chi connectivity index (χ0n) is 25.4. The molecule has 0 saturated carbocycles. The Bertz CT molecular complexity index is 1510. The second-order valence-electron chi connectivity index (χ2n) is 10.2. The van der Waals surface area contributed by atoms with Crippen LogP contribution in [0.15, 0.2) is 121 Å². The number of hydrogen-bond donors (Lipinski definition) is 0. The summed E-state index contributed by atoms with van der Waals surface area (Å²) < 4.78 is 0. The van der Waals surface area contributed by atoms with Gasteiger partial charge in [-0.25, -0.2) is 6.08 Å². The summed E-state index contributed by atoms with van der Waals surface area (Å²) in [5.74, 6) is 0. The van der Waals surface area contributed by atoms with Crippen LogP contribution in [0, 0.1) is 27.0 Å². The van der Waals surface area contributed by atoms with Crippen molar-refractivity contribution in [3.05, 3.63) is 176 Å². The topological polar surface area (TPSA) is 23.8 Å². The summed E-state index contributed by atoms with van der Waals surface area (Å²) in [5, 5.41) is 5.35. The van der Waals surface area contributed by atoms with Crippen LogP contribution in [0.5, 0.6) is 0 Å². The van der Waals surface area contributed by atoms with Gasteiger partial charge in [-0.15, -0.1) is 65.6 Å². The quantitative estimate of drug-likeness (QED) is 0.0854. The monoisotopic (exact) mass is 598 g/mol. The van der Waals surface area contributed by atoms with Gasteiger partial charge >= 0.3 is 0 Å². The van der Waals surface area contributed by atoms with Crippen LogP contribution in [0.4, 0.5) is 0 Å². The summed E-state index contributed by atoms with van der Waals surface area (Å²) in [7, 11) is 0. The normalized spacial score (nSPS) is 11.1. The molecule has 42 heavy (non-hydrogen) atoms. The largest absolute Gasteiger partial charge is 0.673 e. The molecule has 0 fully saturated rings. The van der Waals surface area contributed by atoms with Gasteiger partial charge in [0.2, 0.25) is 0 Å². The van der Waals surface area contributed by atoms with Crippen LogP contribution in [-0.2, 0) is 28.1 Å². The molecule has 0 unspecified atom stereocenters. The van der Waals surface area contributed by atoms with Gasteiger partial charge in [0.25, 0.3) is 0 Å². The summed E-state index contributed by atoms with van der Waals surface area (Å²) in [4.78, 5) is 0. The third-order valence-electron chi connectivity index (χ3n) is 5.81. The first-order valence-corrected chi connectivity index (χ1v) is 13.0. The van der Waals surface area contributed by atoms with Crippen molar-refractivity contribution in [1.82, 2.24) is 0 Å². The van der Waals surface area contributed by atoms with E-state index >= 15 is 0 Å². The molecule has 6 rings (SSSR count).